The molecule has 1 aromatic heterocycles. The second kappa shape index (κ2) is 7.36. The van der Waals surface area contributed by atoms with E-state index in [1.54, 1.807) is 11.3 Å². The van der Waals surface area contributed by atoms with Gasteiger partial charge < -0.3 is 10.6 Å². The smallest absolute Gasteiger partial charge is 0.225 e. The molecule has 1 aliphatic heterocycles. The minimum absolute atomic E-state index is 0.219. The molecule has 5 heteroatoms. The topological polar surface area (TPSA) is 59.2 Å². The van der Waals surface area contributed by atoms with Gasteiger partial charge in [0.05, 0.1) is 10.7 Å². The first-order chi connectivity index (χ1) is 12.2. The van der Waals surface area contributed by atoms with E-state index in [9.17, 15) is 4.79 Å². The van der Waals surface area contributed by atoms with E-state index in [2.05, 4.69) is 17.2 Å². The van der Waals surface area contributed by atoms with Crippen molar-refractivity contribution < 1.29 is 4.79 Å². The predicted octanol–water partition coefficient (Wildman–Crippen LogP) is 3.57. The van der Waals surface area contributed by atoms with Crippen molar-refractivity contribution >= 4 is 17.2 Å². The number of amides is 1. The predicted molar refractivity (Wildman–Crippen MR) is 102 cm³/mol. The lowest BCUT2D eigenvalue weighted by Gasteiger charge is -2.45. The molecule has 3 aliphatic rings. The molecule has 3 atom stereocenters. The molecule has 1 amide bonds. The molecule has 0 spiro atoms. The summed E-state index contributed by atoms with van der Waals surface area (Å²) in [5.41, 5.74) is 7.60. The summed E-state index contributed by atoms with van der Waals surface area (Å²) in [6.07, 6.45) is 9.07. The number of nitrogens with two attached hydrogens (primary N) is 1. The number of likely N-dealkylation sites (tertiary alicyclic amines) is 1. The number of thiazole rings is 1. The van der Waals surface area contributed by atoms with Crippen LogP contribution in [0.25, 0.3) is 0 Å². The maximum atomic E-state index is 13.2. The summed E-state index contributed by atoms with van der Waals surface area (Å²) in [5, 5.41) is 3.41. The van der Waals surface area contributed by atoms with Crippen LogP contribution in [0.2, 0.25) is 0 Å². The van der Waals surface area contributed by atoms with Crippen LogP contribution in [-0.2, 0) is 11.2 Å². The van der Waals surface area contributed by atoms with Crippen molar-refractivity contribution in [3.05, 3.63) is 16.1 Å². The van der Waals surface area contributed by atoms with Crippen molar-refractivity contribution in [3.63, 3.8) is 0 Å². The molecular formula is C20H31N3OS. The molecule has 3 fully saturated rings. The third-order valence-electron chi connectivity index (χ3n) is 6.78. The van der Waals surface area contributed by atoms with Gasteiger partial charge in [-0.1, -0.05) is 13.3 Å². The Morgan fingerprint density at radius 2 is 2.04 bits per heavy atom. The maximum Gasteiger partial charge on any atom is 0.225 e. The van der Waals surface area contributed by atoms with Gasteiger partial charge in [-0.2, -0.15) is 0 Å². The summed E-state index contributed by atoms with van der Waals surface area (Å²) in [6, 6.07) is 0.342. The monoisotopic (exact) mass is 361 g/mol. The number of fused-ring (bicyclic) bond motifs is 2. The number of rotatable bonds is 3. The van der Waals surface area contributed by atoms with E-state index >= 15 is 0 Å². The number of aromatic nitrogens is 1. The van der Waals surface area contributed by atoms with Crippen LogP contribution in [0.4, 0.5) is 0 Å². The van der Waals surface area contributed by atoms with Crippen LogP contribution in [0.15, 0.2) is 5.38 Å². The molecule has 25 heavy (non-hydrogen) atoms. The van der Waals surface area contributed by atoms with Crippen LogP contribution in [0.1, 0.15) is 68.5 Å². The van der Waals surface area contributed by atoms with E-state index in [4.69, 9.17) is 10.7 Å². The standard InChI is InChI=1S/C20H31N3OS/c1-2-17-12-25-19(22-17)15-7-4-8-23(11-15)20(24)16-9-13-5-3-6-14(10-16)18(13)21/h12-16,18H,2-11,21H2,1H3. The van der Waals surface area contributed by atoms with E-state index in [0.29, 0.717) is 29.7 Å². The number of hydrogen-bond acceptors (Lipinski definition) is 4. The molecule has 1 aromatic rings. The number of piperidine rings is 1. The SMILES string of the molecule is CCc1csc(C2CCCN(C(=O)C3CC4CCCC(C3)C4N)C2)n1. The zero-order valence-electron chi connectivity index (χ0n) is 15.3. The molecule has 1 saturated heterocycles. The van der Waals surface area contributed by atoms with E-state index in [0.717, 1.165) is 38.8 Å². The Morgan fingerprint density at radius 3 is 2.72 bits per heavy atom. The van der Waals surface area contributed by atoms with Gasteiger partial charge in [0.25, 0.3) is 0 Å². The van der Waals surface area contributed by atoms with Gasteiger partial charge in [-0.25, -0.2) is 4.98 Å². The molecule has 2 heterocycles. The van der Waals surface area contributed by atoms with Gasteiger partial charge in [0.2, 0.25) is 5.91 Å². The van der Waals surface area contributed by atoms with Crippen molar-refractivity contribution in [2.45, 2.75) is 70.3 Å². The molecule has 0 radical (unpaired) electrons. The Hall–Kier alpha value is -0.940. The quantitative estimate of drug-likeness (QED) is 0.895. The molecule has 138 valence electrons. The second-order valence-electron chi connectivity index (χ2n) is 8.35. The van der Waals surface area contributed by atoms with E-state index < -0.39 is 0 Å². The van der Waals surface area contributed by atoms with E-state index in [1.165, 1.54) is 36.4 Å². The molecule has 4 rings (SSSR count). The normalized spacial score (nSPS) is 35.6. The van der Waals surface area contributed by atoms with Gasteiger partial charge in [0.1, 0.15) is 0 Å². The average Bonchev–Trinajstić information content (AvgIpc) is 3.10. The molecule has 4 nitrogen and oxygen atoms in total. The summed E-state index contributed by atoms with van der Waals surface area (Å²) in [5.74, 6) is 2.21. The number of carbonyl (C=O) groups excluding carboxylic acids is 1. The molecule has 2 saturated carbocycles. The number of hydrogen-bond donors (Lipinski definition) is 1. The lowest BCUT2D eigenvalue weighted by Crippen LogP contribution is -2.50. The molecule has 2 bridgehead atoms. The third kappa shape index (κ3) is 3.50. The highest BCUT2D eigenvalue weighted by Gasteiger charge is 2.42. The minimum atomic E-state index is 0.219. The Labute approximate surface area is 155 Å². The zero-order chi connectivity index (χ0) is 17.4. The molecule has 3 unspecified atom stereocenters. The van der Waals surface area contributed by atoms with Crippen molar-refractivity contribution in [1.29, 1.82) is 0 Å². The van der Waals surface area contributed by atoms with Crippen LogP contribution in [0, 0.1) is 17.8 Å². The van der Waals surface area contributed by atoms with Gasteiger partial charge in [0, 0.05) is 36.3 Å². The number of aryl methyl sites for hydroxylation is 1. The fourth-order valence-electron chi connectivity index (χ4n) is 5.30. The van der Waals surface area contributed by atoms with Crippen molar-refractivity contribution in [1.82, 2.24) is 9.88 Å². The molecule has 2 aliphatic carbocycles. The zero-order valence-corrected chi connectivity index (χ0v) is 16.1. The van der Waals surface area contributed by atoms with Gasteiger partial charge in [-0.3, -0.25) is 4.79 Å². The van der Waals surface area contributed by atoms with Crippen molar-refractivity contribution in [2.75, 3.05) is 13.1 Å². The highest BCUT2D eigenvalue weighted by molar-refractivity contribution is 7.09. The average molecular weight is 362 g/mol. The summed E-state index contributed by atoms with van der Waals surface area (Å²) < 4.78 is 0. The fraction of sp³-hybridized carbons (Fsp3) is 0.800. The highest BCUT2D eigenvalue weighted by Crippen LogP contribution is 2.43. The van der Waals surface area contributed by atoms with E-state index in [1.807, 2.05) is 0 Å². The summed E-state index contributed by atoms with van der Waals surface area (Å²) in [7, 11) is 0. The Balaban J connectivity index is 1.41. The molecular weight excluding hydrogens is 330 g/mol. The van der Waals surface area contributed by atoms with Crippen LogP contribution in [0.5, 0.6) is 0 Å². The Morgan fingerprint density at radius 1 is 1.28 bits per heavy atom. The molecule has 0 aromatic carbocycles. The maximum absolute atomic E-state index is 13.2. The summed E-state index contributed by atoms with van der Waals surface area (Å²) in [6.45, 7) is 3.95. The van der Waals surface area contributed by atoms with Gasteiger partial charge in [-0.15, -0.1) is 11.3 Å². The third-order valence-corrected chi connectivity index (χ3v) is 7.83. The van der Waals surface area contributed by atoms with Crippen LogP contribution >= 0.6 is 11.3 Å². The Bertz CT molecular complexity index is 602. The second-order valence-corrected chi connectivity index (χ2v) is 9.24. The fourth-order valence-corrected chi connectivity index (χ4v) is 6.33. The lowest BCUT2D eigenvalue weighted by molar-refractivity contribution is -0.139. The van der Waals surface area contributed by atoms with E-state index in [-0.39, 0.29) is 5.92 Å². The molecule has 2 N–H and O–H groups in total. The first-order valence-corrected chi connectivity index (χ1v) is 11.0. The highest BCUT2D eigenvalue weighted by atomic mass is 32.1. The largest absolute Gasteiger partial charge is 0.342 e. The van der Waals surface area contributed by atoms with Crippen LogP contribution in [0.3, 0.4) is 0 Å². The lowest BCUT2D eigenvalue weighted by atomic mass is 9.65. The number of nitrogens with zero attached hydrogens (tertiary/aromatic N) is 2. The van der Waals surface area contributed by atoms with Crippen molar-refractivity contribution in [2.24, 2.45) is 23.5 Å². The minimum Gasteiger partial charge on any atom is -0.342 e. The summed E-state index contributed by atoms with van der Waals surface area (Å²) >= 11 is 1.78. The number of carbonyl (C=O) groups is 1. The van der Waals surface area contributed by atoms with Gasteiger partial charge >= 0.3 is 0 Å². The van der Waals surface area contributed by atoms with Crippen molar-refractivity contribution in [3.8, 4) is 0 Å². The van der Waals surface area contributed by atoms with Gasteiger partial charge in [0.15, 0.2) is 0 Å². The van der Waals surface area contributed by atoms with Crippen LogP contribution < -0.4 is 5.73 Å². The first-order valence-electron chi connectivity index (χ1n) is 10.1. The van der Waals surface area contributed by atoms with Crippen LogP contribution in [-0.4, -0.2) is 34.9 Å². The first kappa shape index (κ1) is 17.5. The summed E-state index contributed by atoms with van der Waals surface area (Å²) in [4.78, 5) is 20.1. The van der Waals surface area contributed by atoms with Gasteiger partial charge in [-0.05, 0) is 56.8 Å². The Kier molecular flexibility index (Phi) is 5.14.